The predicted octanol–water partition coefficient (Wildman–Crippen LogP) is 3.52. The highest BCUT2D eigenvalue weighted by Crippen LogP contribution is 2.33. The van der Waals surface area contributed by atoms with Crippen molar-refractivity contribution >= 4 is 16.8 Å². The van der Waals surface area contributed by atoms with Crippen molar-refractivity contribution in [3.8, 4) is 16.8 Å². The van der Waals surface area contributed by atoms with E-state index in [9.17, 15) is 9.59 Å². The lowest BCUT2D eigenvalue weighted by Gasteiger charge is -2.16. The molecule has 168 valence electrons. The molecule has 2 fully saturated rings. The Kier molecular flexibility index (Phi) is 4.71. The molecule has 1 N–H and O–H groups in total. The van der Waals surface area contributed by atoms with Gasteiger partial charge in [-0.1, -0.05) is 24.3 Å². The fourth-order valence-corrected chi connectivity index (χ4v) is 5.02. The molecule has 2 aliphatic rings. The molecular weight excluding hydrogens is 414 g/mol. The van der Waals surface area contributed by atoms with Gasteiger partial charge in [-0.3, -0.25) is 4.79 Å². The van der Waals surface area contributed by atoms with Crippen molar-refractivity contribution in [2.24, 2.45) is 18.9 Å². The Morgan fingerprint density at radius 3 is 2.64 bits per heavy atom. The van der Waals surface area contributed by atoms with Gasteiger partial charge in [0.15, 0.2) is 0 Å². The second-order valence-corrected chi connectivity index (χ2v) is 9.44. The standard InChI is InChI=1S/C26H27N5O2/c1-29-12-11-19-2-5-21(15-23(19)29)18-6-8-22(9-7-18)31-24(27-28-26(31)33)14-17-10-13-30(16-17)25(32)20-3-4-20/h2,5-9,11-12,15,17,20H,3-4,10,13-14,16H2,1H3,(H,28,33)/t17-/m0/s1. The van der Waals surface area contributed by atoms with E-state index in [0.717, 1.165) is 55.0 Å². The number of aryl methyl sites for hydroxylation is 1. The molecule has 1 amide bonds. The van der Waals surface area contributed by atoms with E-state index < -0.39 is 0 Å². The second kappa shape index (κ2) is 7.76. The number of hydrogen-bond acceptors (Lipinski definition) is 3. The maximum Gasteiger partial charge on any atom is 0.347 e. The van der Waals surface area contributed by atoms with Crippen molar-refractivity contribution in [1.29, 1.82) is 0 Å². The highest BCUT2D eigenvalue weighted by atomic mass is 16.2. The van der Waals surface area contributed by atoms with Gasteiger partial charge in [0.25, 0.3) is 0 Å². The van der Waals surface area contributed by atoms with Crippen LogP contribution in [-0.2, 0) is 18.3 Å². The normalized spacial score (nSPS) is 18.3. The molecule has 7 nitrogen and oxygen atoms in total. The highest BCUT2D eigenvalue weighted by molar-refractivity contribution is 5.85. The first-order valence-corrected chi connectivity index (χ1v) is 11.7. The largest absolute Gasteiger partial charge is 0.351 e. The summed E-state index contributed by atoms with van der Waals surface area (Å²) in [6.07, 6.45) is 5.77. The zero-order valence-corrected chi connectivity index (χ0v) is 18.7. The summed E-state index contributed by atoms with van der Waals surface area (Å²) in [5.74, 6) is 1.62. The zero-order valence-electron chi connectivity index (χ0n) is 18.7. The van der Waals surface area contributed by atoms with E-state index in [1.54, 1.807) is 4.57 Å². The minimum Gasteiger partial charge on any atom is -0.351 e. The average Bonchev–Trinajstić information content (AvgIpc) is 3.32. The number of carbonyl (C=O) groups excluding carboxylic acids is 1. The lowest BCUT2D eigenvalue weighted by atomic mass is 10.0. The van der Waals surface area contributed by atoms with E-state index >= 15 is 0 Å². The molecule has 1 saturated heterocycles. The van der Waals surface area contributed by atoms with Gasteiger partial charge in [-0.2, -0.15) is 5.10 Å². The quantitative estimate of drug-likeness (QED) is 0.515. The van der Waals surface area contributed by atoms with Gasteiger partial charge in [-0.15, -0.1) is 0 Å². The van der Waals surface area contributed by atoms with Crippen LogP contribution in [0.5, 0.6) is 0 Å². The van der Waals surface area contributed by atoms with Gasteiger partial charge in [-0.05, 0) is 66.0 Å². The third kappa shape index (κ3) is 3.67. The lowest BCUT2D eigenvalue weighted by Crippen LogP contribution is -2.30. The first-order valence-electron chi connectivity index (χ1n) is 11.7. The summed E-state index contributed by atoms with van der Waals surface area (Å²) in [6, 6.07) is 16.6. The molecule has 4 aromatic rings. The van der Waals surface area contributed by atoms with Crippen molar-refractivity contribution in [2.45, 2.75) is 25.7 Å². The maximum atomic E-state index is 12.6. The molecule has 2 aromatic heterocycles. The van der Waals surface area contributed by atoms with Crippen LogP contribution < -0.4 is 5.69 Å². The van der Waals surface area contributed by atoms with Crippen molar-refractivity contribution < 1.29 is 4.79 Å². The fraction of sp³-hybridized carbons (Fsp3) is 0.346. The number of aromatic nitrogens is 4. The molecule has 7 heteroatoms. The summed E-state index contributed by atoms with van der Waals surface area (Å²) in [5.41, 5.74) is 4.01. The minimum absolute atomic E-state index is 0.230. The Bertz CT molecular complexity index is 1390. The third-order valence-electron chi connectivity index (χ3n) is 7.08. The molecule has 1 saturated carbocycles. The maximum absolute atomic E-state index is 12.6. The predicted molar refractivity (Wildman–Crippen MR) is 127 cm³/mol. The number of fused-ring (bicyclic) bond motifs is 1. The molecule has 1 aliphatic heterocycles. The number of nitrogens with zero attached hydrogens (tertiary/aromatic N) is 4. The van der Waals surface area contributed by atoms with E-state index in [-0.39, 0.29) is 11.6 Å². The van der Waals surface area contributed by atoms with E-state index in [2.05, 4.69) is 45.2 Å². The topological polar surface area (TPSA) is 75.9 Å². The Labute approximate surface area is 191 Å². The Hall–Kier alpha value is -3.61. The molecule has 1 atom stereocenters. The molecule has 0 spiro atoms. The molecule has 0 unspecified atom stereocenters. The van der Waals surface area contributed by atoms with E-state index in [1.807, 2.05) is 36.2 Å². The number of nitrogens with one attached hydrogen (secondary N) is 1. The average molecular weight is 442 g/mol. The third-order valence-corrected chi connectivity index (χ3v) is 7.08. The van der Waals surface area contributed by atoms with Crippen LogP contribution in [0.2, 0.25) is 0 Å². The summed E-state index contributed by atoms with van der Waals surface area (Å²) in [6.45, 7) is 1.58. The summed E-state index contributed by atoms with van der Waals surface area (Å²) in [4.78, 5) is 26.9. The number of benzene rings is 2. The van der Waals surface area contributed by atoms with E-state index in [4.69, 9.17) is 0 Å². The Morgan fingerprint density at radius 2 is 1.85 bits per heavy atom. The minimum atomic E-state index is -0.230. The molecule has 33 heavy (non-hydrogen) atoms. The molecule has 6 rings (SSSR count). The van der Waals surface area contributed by atoms with Crippen LogP contribution in [0.15, 0.2) is 59.5 Å². The Balaban J connectivity index is 1.22. The molecule has 0 radical (unpaired) electrons. The van der Waals surface area contributed by atoms with Crippen LogP contribution in [0.4, 0.5) is 0 Å². The molecule has 2 aromatic carbocycles. The molecular formula is C26H27N5O2. The van der Waals surface area contributed by atoms with Crippen LogP contribution in [0, 0.1) is 11.8 Å². The van der Waals surface area contributed by atoms with Gasteiger partial charge in [0.1, 0.15) is 5.82 Å². The monoisotopic (exact) mass is 441 g/mol. The van der Waals surface area contributed by atoms with Crippen LogP contribution in [-0.4, -0.2) is 43.2 Å². The van der Waals surface area contributed by atoms with Gasteiger partial charge in [0, 0.05) is 44.2 Å². The van der Waals surface area contributed by atoms with Gasteiger partial charge in [0.05, 0.1) is 5.69 Å². The van der Waals surface area contributed by atoms with Crippen molar-refractivity contribution in [1.82, 2.24) is 24.2 Å². The smallest absolute Gasteiger partial charge is 0.347 e. The first kappa shape index (κ1) is 20.0. The fourth-order valence-electron chi connectivity index (χ4n) is 5.02. The van der Waals surface area contributed by atoms with Gasteiger partial charge in [0.2, 0.25) is 5.91 Å². The molecule has 3 heterocycles. The van der Waals surface area contributed by atoms with Crippen molar-refractivity contribution in [3.63, 3.8) is 0 Å². The number of amides is 1. The van der Waals surface area contributed by atoms with Gasteiger partial charge in [-0.25, -0.2) is 14.5 Å². The van der Waals surface area contributed by atoms with Crippen molar-refractivity contribution in [2.75, 3.05) is 13.1 Å². The summed E-state index contributed by atoms with van der Waals surface area (Å²) < 4.78 is 3.78. The summed E-state index contributed by atoms with van der Waals surface area (Å²) in [5, 5.41) is 8.15. The molecule has 1 aliphatic carbocycles. The number of aromatic amines is 1. The number of likely N-dealkylation sites (tertiary alicyclic amines) is 1. The van der Waals surface area contributed by atoms with Gasteiger partial charge < -0.3 is 9.47 Å². The van der Waals surface area contributed by atoms with E-state index in [0.29, 0.717) is 18.2 Å². The summed E-state index contributed by atoms with van der Waals surface area (Å²) in [7, 11) is 2.05. The number of carbonyl (C=O) groups is 1. The van der Waals surface area contributed by atoms with Gasteiger partial charge >= 0.3 is 5.69 Å². The van der Waals surface area contributed by atoms with Crippen LogP contribution in [0.1, 0.15) is 25.1 Å². The Morgan fingerprint density at radius 1 is 1.06 bits per heavy atom. The first-order chi connectivity index (χ1) is 16.1. The van der Waals surface area contributed by atoms with Crippen LogP contribution >= 0.6 is 0 Å². The van der Waals surface area contributed by atoms with Crippen LogP contribution in [0.25, 0.3) is 27.7 Å². The van der Waals surface area contributed by atoms with Crippen LogP contribution in [0.3, 0.4) is 0 Å². The number of rotatable bonds is 5. The second-order valence-electron chi connectivity index (χ2n) is 9.44. The lowest BCUT2D eigenvalue weighted by molar-refractivity contribution is -0.131. The summed E-state index contributed by atoms with van der Waals surface area (Å²) >= 11 is 0. The van der Waals surface area contributed by atoms with Crippen molar-refractivity contribution in [3.05, 3.63) is 71.0 Å². The highest BCUT2D eigenvalue weighted by Gasteiger charge is 2.36. The molecule has 0 bridgehead atoms. The zero-order chi connectivity index (χ0) is 22.5. The number of hydrogen-bond donors (Lipinski definition) is 1. The number of H-pyrrole nitrogens is 1. The SMILES string of the molecule is Cn1ccc2ccc(-c3ccc(-n4c(C[C@@H]5CCN(C(=O)C6CC6)C5)n[nH]c4=O)cc3)cc21. The van der Waals surface area contributed by atoms with E-state index in [1.165, 1.54) is 10.9 Å².